The molecule has 9 rings (SSSR count). The number of hydrogen-bond acceptors (Lipinski definition) is 3. The first kappa shape index (κ1) is 28.6. The highest BCUT2D eigenvalue weighted by atomic mass is 16.3. The van der Waals surface area contributed by atoms with Crippen molar-refractivity contribution in [1.82, 2.24) is 9.97 Å². The van der Waals surface area contributed by atoms with Gasteiger partial charge in [0.25, 0.3) is 0 Å². The lowest BCUT2D eigenvalue weighted by atomic mass is 9.97. The second kappa shape index (κ2) is 12.2. The standard InChI is InChI=1S/C46H30N2O/c1-3-11-31(12-4-1)33-21-23-34(24-22-33)42-30-43(38-25-26-41-40-19-7-8-20-44(40)49-45(41)29-38)48-46(47-42)39-18-10-17-37(28-39)36-16-9-15-35(27-36)32-13-5-2-6-14-32/h1-30H. The van der Waals surface area contributed by atoms with Crippen molar-refractivity contribution in [2.75, 3.05) is 0 Å². The van der Waals surface area contributed by atoms with Crippen LogP contribution in [0.25, 0.3) is 89.2 Å². The van der Waals surface area contributed by atoms with Crippen molar-refractivity contribution in [2.24, 2.45) is 0 Å². The number of fused-ring (bicyclic) bond motifs is 3. The van der Waals surface area contributed by atoms with E-state index in [0.717, 1.165) is 61.1 Å². The van der Waals surface area contributed by atoms with Crippen LogP contribution in [0, 0.1) is 0 Å². The van der Waals surface area contributed by atoms with Crippen LogP contribution in [0.15, 0.2) is 186 Å². The van der Waals surface area contributed by atoms with Gasteiger partial charge in [0.15, 0.2) is 5.82 Å². The maximum absolute atomic E-state index is 6.26. The molecular formula is C46H30N2O. The topological polar surface area (TPSA) is 38.9 Å². The molecule has 2 heterocycles. The Morgan fingerprint density at radius 1 is 0.286 bits per heavy atom. The van der Waals surface area contributed by atoms with Crippen molar-refractivity contribution in [2.45, 2.75) is 0 Å². The fourth-order valence-electron chi connectivity index (χ4n) is 6.57. The molecule has 0 aliphatic carbocycles. The molecule has 0 amide bonds. The zero-order valence-corrected chi connectivity index (χ0v) is 26.6. The summed E-state index contributed by atoms with van der Waals surface area (Å²) >= 11 is 0. The largest absolute Gasteiger partial charge is 0.456 e. The van der Waals surface area contributed by atoms with Gasteiger partial charge in [-0.05, 0) is 69.8 Å². The van der Waals surface area contributed by atoms with E-state index in [1.165, 1.54) is 22.3 Å². The molecule has 0 atom stereocenters. The summed E-state index contributed by atoms with van der Waals surface area (Å²) in [4.78, 5) is 10.3. The lowest BCUT2D eigenvalue weighted by Gasteiger charge is -2.12. The summed E-state index contributed by atoms with van der Waals surface area (Å²) in [5.74, 6) is 0.672. The molecule has 0 bridgehead atoms. The van der Waals surface area contributed by atoms with Crippen molar-refractivity contribution in [3.05, 3.63) is 182 Å². The van der Waals surface area contributed by atoms with Crippen molar-refractivity contribution < 1.29 is 4.42 Å². The molecular weight excluding hydrogens is 597 g/mol. The zero-order valence-electron chi connectivity index (χ0n) is 26.6. The fraction of sp³-hybridized carbons (Fsp3) is 0. The Balaban J connectivity index is 1.16. The molecule has 0 saturated heterocycles. The molecule has 49 heavy (non-hydrogen) atoms. The molecule has 0 fully saturated rings. The third kappa shape index (κ3) is 5.58. The predicted octanol–water partition coefficient (Wildman–Crippen LogP) is 12.4. The summed E-state index contributed by atoms with van der Waals surface area (Å²) in [5.41, 5.74) is 13.4. The zero-order chi connectivity index (χ0) is 32.6. The number of para-hydroxylation sites is 1. The van der Waals surface area contributed by atoms with E-state index in [0.29, 0.717) is 5.82 Å². The quantitative estimate of drug-likeness (QED) is 0.184. The van der Waals surface area contributed by atoms with Gasteiger partial charge in [-0.1, -0.05) is 146 Å². The first-order valence-electron chi connectivity index (χ1n) is 16.5. The van der Waals surface area contributed by atoms with Crippen molar-refractivity contribution >= 4 is 21.9 Å². The summed E-state index contributed by atoms with van der Waals surface area (Å²) in [6.45, 7) is 0. The van der Waals surface area contributed by atoms with Gasteiger partial charge in [0, 0.05) is 27.5 Å². The van der Waals surface area contributed by atoms with Crippen LogP contribution < -0.4 is 0 Å². The lowest BCUT2D eigenvalue weighted by molar-refractivity contribution is 0.669. The second-order valence-corrected chi connectivity index (χ2v) is 12.2. The molecule has 2 aromatic heterocycles. The number of nitrogens with zero attached hydrogens (tertiary/aromatic N) is 2. The van der Waals surface area contributed by atoms with E-state index in [1.54, 1.807) is 0 Å². The van der Waals surface area contributed by atoms with E-state index < -0.39 is 0 Å². The van der Waals surface area contributed by atoms with Gasteiger partial charge in [-0.15, -0.1) is 0 Å². The maximum atomic E-state index is 6.26. The molecule has 0 aliphatic heterocycles. The maximum Gasteiger partial charge on any atom is 0.160 e. The minimum Gasteiger partial charge on any atom is -0.456 e. The summed E-state index contributed by atoms with van der Waals surface area (Å²) in [7, 11) is 0. The fourth-order valence-corrected chi connectivity index (χ4v) is 6.57. The number of hydrogen-bond donors (Lipinski definition) is 0. The van der Waals surface area contributed by atoms with Gasteiger partial charge < -0.3 is 4.42 Å². The molecule has 0 saturated carbocycles. The molecule has 9 aromatic rings. The second-order valence-electron chi connectivity index (χ2n) is 12.2. The van der Waals surface area contributed by atoms with Gasteiger partial charge in [0.1, 0.15) is 11.2 Å². The smallest absolute Gasteiger partial charge is 0.160 e. The summed E-state index contributed by atoms with van der Waals surface area (Å²) < 4.78 is 6.26. The number of furan rings is 1. The number of benzene rings is 7. The number of aromatic nitrogens is 2. The molecule has 0 N–H and O–H groups in total. The lowest BCUT2D eigenvalue weighted by Crippen LogP contribution is -1.96. The van der Waals surface area contributed by atoms with Crippen LogP contribution in [0.3, 0.4) is 0 Å². The van der Waals surface area contributed by atoms with Crippen LogP contribution in [0.5, 0.6) is 0 Å². The van der Waals surface area contributed by atoms with Gasteiger partial charge in [0.05, 0.1) is 11.4 Å². The Kier molecular flexibility index (Phi) is 7.14. The van der Waals surface area contributed by atoms with E-state index in [9.17, 15) is 0 Å². The van der Waals surface area contributed by atoms with Crippen molar-refractivity contribution in [1.29, 1.82) is 0 Å². The van der Waals surface area contributed by atoms with Gasteiger partial charge in [-0.25, -0.2) is 9.97 Å². The Bertz CT molecular complexity index is 2590. The first-order valence-corrected chi connectivity index (χ1v) is 16.5. The SMILES string of the molecule is c1ccc(-c2ccc(-c3cc(-c4ccc5c(c4)oc4ccccc45)nc(-c4cccc(-c5cccc(-c6ccccc6)c5)c4)n3)cc2)cc1. The average Bonchev–Trinajstić information content (AvgIpc) is 3.57. The van der Waals surface area contributed by atoms with Crippen LogP contribution >= 0.6 is 0 Å². The van der Waals surface area contributed by atoms with Gasteiger partial charge in [-0.3, -0.25) is 0 Å². The van der Waals surface area contributed by atoms with E-state index in [1.807, 2.05) is 30.3 Å². The van der Waals surface area contributed by atoms with Crippen LogP contribution in [0.4, 0.5) is 0 Å². The highest BCUT2D eigenvalue weighted by Gasteiger charge is 2.14. The molecule has 230 valence electrons. The Hall–Kier alpha value is -6.58. The normalized spacial score (nSPS) is 11.3. The van der Waals surface area contributed by atoms with E-state index in [-0.39, 0.29) is 0 Å². The Labute approximate surface area is 284 Å². The molecule has 0 aliphatic rings. The average molecular weight is 627 g/mol. The van der Waals surface area contributed by atoms with Crippen LogP contribution in [-0.4, -0.2) is 9.97 Å². The molecule has 3 nitrogen and oxygen atoms in total. The monoisotopic (exact) mass is 626 g/mol. The highest BCUT2D eigenvalue weighted by molar-refractivity contribution is 6.05. The highest BCUT2D eigenvalue weighted by Crippen LogP contribution is 2.35. The predicted molar refractivity (Wildman–Crippen MR) is 202 cm³/mol. The molecule has 7 aromatic carbocycles. The van der Waals surface area contributed by atoms with Crippen LogP contribution in [0.2, 0.25) is 0 Å². The van der Waals surface area contributed by atoms with Crippen LogP contribution in [-0.2, 0) is 0 Å². The van der Waals surface area contributed by atoms with Gasteiger partial charge >= 0.3 is 0 Å². The number of rotatable bonds is 6. The first-order chi connectivity index (χ1) is 24.2. The summed E-state index contributed by atoms with van der Waals surface area (Å²) in [5, 5.41) is 2.20. The third-order valence-electron chi connectivity index (χ3n) is 9.11. The van der Waals surface area contributed by atoms with Crippen LogP contribution in [0.1, 0.15) is 0 Å². The van der Waals surface area contributed by atoms with E-state index in [2.05, 4.69) is 152 Å². The molecule has 3 heteroatoms. The van der Waals surface area contributed by atoms with Crippen molar-refractivity contribution in [3.63, 3.8) is 0 Å². The Morgan fingerprint density at radius 3 is 1.47 bits per heavy atom. The molecule has 0 unspecified atom stereocenters. The molecule has 0 radical (unpaired) electrons. The summed E-state index contributed by atoms with van der Waals surface area (Å²) in [6, 6.07) is 63.3. The minimum atomic E-state index is 0.672. The van der Waals surface area contributed by atoms with Crippen molar-refractivity contribution in [3.8, 4) is 67.3 Å². The third-order valence-corrected chi connectivity index (χ3v) is 9.11. The van der Waals surface area contributed by atoms with E-state index >= 15 is 0 Å². The Morgan fingerprint density at radius 2 is 0.755 bits per heavy atom. The van der Waals surface area contributed by atoms with Gasteiger partial charge in [0.2, 0.25) is 0 Å². The molecule has 0 spiro atoms. The summed E-state index contributed by atoms with van der Waals surface area (Å²) in [6.07, 6.45) is 0. The van der Waals surface area contributed by atoms with E-state index in [4.69, 9.17) is 14.4 Å². The minimum absolute atomic E-state index is 0.672. The van der Waals surface area contributed by atoms with Gasteiger partial charge in [-0.2, -0.15) is 0 Å².